The van der Waals surface area contributed by atoms with Crippen molar-refractivity contribution in [2.75, 3.05) is 6.79 Å². The number of allylic oxidation sites excluding steroid dienone is 3. The van der Waals surface area contributed by atoms with Crippen LogP contribution in [0.2, 0.25) is 0 Å². The molecule has 0 spiro atoms. The molecule has 0 aromatic heterocycles. The second-order valence-electron chi connectivity index (χ2n) is 4.98. The van der Waals surface area contributed by atoms with Gasteiger partial charge in [-0.1, -0.05) is 36.4 Å². The van der Waals surface area contributed by atoms with E-state index in [0.29, 0.717) is 11.3 Å². The summed E-state index contributed by atoms with van der Waals surface area (Å²) in [5, 5.41) is 11.7. The lowest BCUT2D eigenvalue weighted by Gasteiger charge is -2.02. The predicted molar refractivity (Wildman–Crippen MR) is 89.2 cm³/mol. The van der Waals surface area contributed by atoms with E-state index in [1.807, 2.05) is 36.4 Å². The molecule has 0 unspecified atom stereocenters. The number of rotatable bonds is 4. The maximum Gasteiger partial charge on any atom is 0.256 e. The molecule has 1 heterocycles. The highest BCUT2D eigenvalue weighted by Gasteiger charge is 2.12. The number of amides is 1. The molecule has 0 bridgehead atoms. The van der Waals surface area contributed by atoms with E-state index in [1.165, 1.54) is 0 Å². The van der Waals surface area contributed by atoms with Crippen LogP contribution in [0.3, 0.4) is 0 Å². The highest BCUT2D eigenvalue weighted by molar-refractivity contribution is 5.95. The van der Waals surface area contributed by atoms with Crippen LogP contribution in [-0.4, -0.2) is 12.7 Å². The zero-order valence-electron chi connectivity index (χ0n) is 12.7. The van der Waals surface area contributed by atoms with E-state index in [2.05, 4.69) is 5.32 Å². The van der Waals surface area contributed by atoms with Crippen molar-refractivity contribution in [1.29, 1.82) is 5.26 Å². The number of carbonyl (C=O) groups is 1. The highest BCUT2D eigenvalue weighted by atomic mass is 16.7. The maximum atomic E-state index is 12.0. The van der Waals surface area contributed by atoms with Crippen molar-refractivity contribution >= 4 is 12.0 Å². The van der Waals surface area contributed by atoms with E-state index in [4.69, 9.17) is 14.7 Å². The Morgan fingerprint density at radius 1 is 1.12 bits per heavy atom. The first-order chi connectivity index (χ1) is 11.8. The number of nitriles is 1. The van der Waals surface area contributed by atoms with Crippen molar-refractivity contribution < 1.29 is 14.3 Å². The van der Waals surface area contributed by atoms with Gasteiger partial charge in [-0.05, 0) is 35.9 Å². The second kappa shape index (κ2) is 7.16. The average molecular weight is 318 g/mol. The Hall–Kier alpha value is -3.52. The molecule has 2 aromatic rings. The molecule has 3 rings (SSSR count). The maximum absolute atomic E-state index is 12.0. The molecule has 0 fully saturated rings. The summed E-state index contributed by atoms with van der Waals surface area (Å²) in [5.74, 6) is 1.09. The molecule has 0 saturated heterocycles. The third-order valence-electron chi connectivity index (χ3n) is 3.35. The Morgan fingerprint density at radius 2 is 1.92 bits per heavy atom. The summed E-state index contributed by atoms with van der Waals surface area (Å²) >= 11 is 0. The number of nitrogens with one attached hydrogen (secondary N) is 1. The number of carbonyl (C=O) groups excluding carboxylic acids is 1. The Labute approximate surface area is 139 Å². The van der Waals surface area contributed by atoms with Gasteiger partial charge in [0.15, 0.2) is 11.5 Å². The van der Waals surface area contributed by atoms with Gasteiger partial charge in [-0.3, -0.25) is 4.79 Å². The van der Waals surface area contributed by atoms with Gasteiger partial charge in [0.2, 0.25) is 6.79 Å². The third kappa shape index (κ3) is 3.62. The first-order valence-corrected chi connectivity index (χ1v) is 7.31. The van der Waals surface area contributed by atoms with Crippen LogP contribution in [-0.2, 0) is 0 Å². The van der Waals surface area contributed by atoms with Crippen LogP contribution in [0.4, 0.5) is 0 Å². The minimum absolute atomic E-state index is 0.167. The highest BCUT2D eigenvalue weighted by Crippen LogP contribution is 2.32. The summed E-state index contributed by atoms with van der Waals surface area (Å²) in [7, 11) is 0. The summed E-state index contributed by atoms with van der Waals surface area (Å²) in [5.41, 5.74) is 1.57. The monoisotopic (exact) mass is 318 g/mol. The van der Waals surface area contributed by atoms with E-state index in [0.717, 1.165) is 11.3 Å². The molecular formula is C19H14N2O3. The molecule has 0 aliphatic carbocycles. The van der Waals surface area contributed by atoms with Crippen LogP contribution in [0.5, 0.6) is 11.5 Å². The van der Waals surface area contributed by atoms with E-state index in [9.17, 15) is 4.79 Å². The zero-order valence-corrected chi connectivity index (χ0v) is 12.7. The Balaban J connectivity index is 1.67. The molecular weight excluding hydrogens is 304 g/mol. The molecule has 1 aliphatic heterocycles. The van der Waals surface area contributed by atoms with Crippen LogP contribution < -0.4 is 14.8 Å². The van der Waals surface area contributed by atoms with Gasteiger partial charge < -0.3 is 14.8 Å². The Kier molecular flexibility index (Phi) is 4.59. The smallest absolute Gasteiger partial charge is 0.256 e. The SMILES string of the molecule is N#CC(=CC=Cc1ccc2c(c1)OCO2)NC(=O)c1ccccc1. The Bertz CT molecular complexity index is 849. The van der Waals surface area contributed by atoms with Gasteiger partial charge in [0, 0.05) is 5.56 Å². The van der Waals surface area contributed by atoms with Crippen molar-refractivity contribution in [1.82, 2.24) is 5.32 Å². The van der Waals surface area contributed by atoms with Gasteiger partial charge in [-0.2, -0.15) is 5.26 Å². The first kappa shape index (κ1) is 15.4. The molecule has 0 saturated carbocycles. The molecule has 0 radical (unpaired) electrons. The van der Waals surface area contributed by atoms with Gasteiger partial charge in [-0.25, -0.2) is 0 Å². The number of hydrogen-bond donors (Lipinski definition) is 1. The minimum Gasteiger partial charge on any atom is -0.454 e. The lowest BCUT2D eigenvalue weighted by atomic mass is 10.2. The van der Waals surface area contributed by atoms with Crippen molar-refractivity contribution in [3.8, 4) is 17.6 Å². The summed E-state index contributed by atoms with van der Waals surface area (Å²) in [6, 6.07) is 16.3. The topological polar surface area (TPSA) is 71.3 Å². The van der Waals surface area contributed by atoms with Gasteiger partial charge in [0.25, 0.3) is 5.91 Å². The number of benzene rings is 2. The lowest BCUT2D eigenvalue weighted by Crippen LogP contribution is -2.21. The van der Waals surface area contributed by atoms with Gasteiger partial charge >= 0.3 is 0 Å². The van der Waals surface area contributed by atoms with Crippen molar-refractivity contribution in [3.63, 3.8) is 0 Å². The number of ether oxygens (including phenoxy) is 2. The molecule has 0 atom stereocenters. The van der Waals surface area contributed by atoms with E-state index in [-0.39, 0.29) is 18.4 Å². The summed E-state index contributed by atoms with van der Waals surface area (Å²) in [6.07, 6.45) is 5.06. The van der Waals surface area contributed by atoms with Crippen LogP contribution in [0.25, 0.3) is 6.08 Å². The van der Waals surface area contributed by atoms with Crippen LogP contribution in [0.15, 0.2) is 66.4 Å². The summed E-state index contributed by atoms with van der Waals surface area (Å²) in [6.45, 7) is 0.229. The van der Waals surface area contributed by atoms with E-state index in [1.54, 1.807) is 36.4 Å². The quantitative estimate of drug-likeness (QED) is 0.694. The first-order valence-electron chi connectivity index (χ1n) is 7.31. The Morgan fingerprint density at radius 3 is 2.71 bits per heavy atom. The summed E-state index contributed by atoms with van der Waals surface area (Å²) in [4.78, 5) is 12.0. The van der Waals surface area contributed by atoms with E-state index < -0.39 is 0 Å². The number of nitrogens with zero attached hydrogens (tertiary/aromatic N) is 1. The fourth-order valence-corrected chi connectivity index (χ4v) is 2.16. The summed E-state index contributed by atoms with van der Waals surface area (Å²) < 4.78 is 10.6. The fraction of sp³-hybridized carbons (Fsp3) is 0.0526. The largest absolute Gasteiger partial charge is 0.454 e. The predicted octanol–water partition coefficient (Wildman–Crippen LogP) is 3.27. The van der Waals surface area contributed by atoms with Gasteiger partial charge in [0.1, 0.15) is 11.8 Å². The molecule has 1 amide bonds. The number of fused-ring (bicyclic) bond motifs is 1. The van der Waals surface area contributed by atoms with Crippen molar-refractivity contribution in [2.24, 2.45) is 0 Å². The minimum atomic E-state index is -0.320. The molecule has 1 aliphatic rings. The molecule has 24 heavy (non-hydrogen) atoms. The van der Waals surface area contributed by atoms with Crippen LogP contribution >= 0.6 is 0 Å². The molecule has 118 valence electrons. The van der Waals surface area contributed by atoms with Crippen LogP contribution in [0.1, 0.15) is 15.9 Å². The standard InChI is InChI=1S/C19H14N2O3/c20-12-16(21-19(22)15-6-2-1-3-7-15)8-4-5-14-9-10-17-18(11-14)24-13-23-17/h1-11H,13H2,(H,21,22). The van der Waals surface area contributed by atoms with Crippen molar-refractivity contribution in [2.45, 2.75) is 0 Å². The van der Waals surface area contributed by atoms with Gasteiger partial charge in [-0.15, -0.1) is 0 Å². The third-order valence-corrected chi connectivity index (χ3v) is 3.35. The average Bonchev–Trinajstić information content (AvgIpc) is 3.09. The number of hydrogen-bond acceptors (Lipinski definition) is 4. The van der Waals surface area contributed by atoms with Gasteiger partial charge in [0.05, 0.1) is 0 Å². The zero-order chi connectivity index (χ0) is 16.8. The molecule has 5 nitrogen and oxygen atoms in total. The second-order valence-corrected chi connectivity index (χ2v) is 4.98. The van der Waals surface area contributed by atoms with Crippen LogP contribution in [0, 0.1) is 11.3 Å². The normalized spacial score (nSPS) is 12.9. The molecule has 2 aromatic carbocycles. The molecule has 1 N–H and O–H groups in total. The fourth-order valence-electron chi connectivity index (χ4n) is 2.16. The lowest BCUT2D eigenvalue weighted by molar-refractivity contribution is 0.0967. The van der Waals surface area contributed by atoms with Crippen molar-refractivity contribution in [3.05, 3.63) is 77.5 Å². The molecule has 5 heteroatoms. The van der Waals surface area contributed by atoms with E-state index >= 15 is 0 Å².